The lowest BCUT2D eigenvalue weighted by atomic mass is 10.2. The minimum atomic E-state index is -0.581. The first kappa shape index (κ1) is 17.2. The topological polar surface area (TPSA) is 119 Å². The maximum absolute atomic E-state index is 12.1. The molecule has 0 saturated carbocycles. The van der Waals surface area contributed by atoms with Crippen LogP contribution in [0.15, 0.2) is 30.3 Å². The summed E-state index contributed by atoms with van der Waals surface area (Å²) in [6, 6.07) is 7.91. The molecule has 1 aromatic carbocycles. The number of benzene rings is 1. The van der Waals surface area contributed by atoms with Crippen molar-refractivity contribution in [2.24, 2.45) is 5.73 Å². The van der Waals surface area contributed by atoms with E-state index in [1.54, 1.807) is 35.9 Å². The van der Waals surface area contributed by atoms with Crippen LogP contribution in [0.4, 0.5) is 5.69 Å². The van der Waals surface area contributed by atoms with Gasteiger partial charge in [0.25, 0.3) is 5.91 Å². The highest BCUT2D eigenvalue weighted by atomic mass is 16.2. The normalized spacial score (nSPS) is 10.2. The van der Waals surface area contributed by atoms with Gasteiger partial charge in [-0.25, -0.2) is 0 Å². The van der Waals surface area contributed by atoms with Gasteiger partial charge >= 0.3 is 0 Å². The van der Waals surface area contributed by atoms with E-state index in [2.05, 4.69) is 15.7 Å². The van der Waals surface area contributed by atoms with Crippen LogP contribution in [0, 0.1) is 6.92 Å². The third kappa shape index (κ3) is 4.19. The number of carbonyl (C=O) groups excluding carboxylic acids is 3. The van der Waals surface area contributed by atoms with Crippen LogP contribution < -0.4 is 16.4 Å². The fourth-order valence-electron chi connectivity index (χ4n) is 2.18. The summed E-state index contributed by atoms with van der Waals surface area (Å²) in [7, 11) is 0. The lowest BCUT2D eigenvalue weighted by Crippen LogP contribution is -2.34. The second-order valence-corrected chi connectivity index (χ2v) is 5.16. The minimum Gasteiger partial charge on any atom is -0.366 e. The zero-order valence-electron chi connectivity index (χ0n) is 13.5. The number of aromatic nitrogens is 2. The van der Waals surface area contributed by atoms with Gasteiger partial charge in [-0.3, -0.25) is 19.1 Å². The molecule has 4 N–H and O–H groups in total. The van der Waals surface area contributed by atoms with E-state index in [4.69, 9.17) is 5.73 Å². The van der Waals surface area contributed by atoms with Crippen LogP contribution in [0.25, 0.3) is 0 Å². The number of aryl methyl sites for hydroxylation is 2. The quantitative estimate of drug-likeness (QED) is 0.722. The molecule has 0 aliphatic rings. The van der Waals surface area contributed by atoms with Crippen LogP contribution in [0.1, 0.15) is 33.5 Å². The van der Waals surface area contributed by atoms with Crippen molar-refractivity contribution in [3.8, 4) is 0 Å². The Kier molecular flexibility index (Phi) is 5.31. The third-order valence-electron chi connectivity index (χ3n) is 3.27. The Morgan fingerprint density at radius 1 is 1.25 bits per heavy atom. The van der Waals surface area contributed by atoms with Crippen LogP contribution in [0.5, 0.6) is 0 Å². The van der Waals surface area contributed by atoms with Crippen LogP contribution in [-0.4, -0.2) is 34.0 Å². The maximum Gasteiger partial charge on any atom is 0.269 e. The van der Waals surface area contributed by atoms with Crippen LogP contribution >= 0.6 is 0 Å². The van der Waals surface area contributed by atoms with Gasteiger partial charge in [0.2, 0.25) is 11.8 Å². The van der Waals surface area contributed by atoms with E-state index in [0.717, 1.165) is 5.69 Å². The lowest BCUT2D eigenvalue weighted by Gasteiger charge is -2.08. The van der Waals surface area contributed by atoms with Gasteiger partial charge in [0, 0.05) is 17.8 Å². The number of nitrogens with one attached hydrogen (secondary N) is 2. The standard InChI is InChI=1S/C16H19N5O3/c1-3-21-13(7-10(2)20-21)16(24)18-9-14(22)19-12-6-4-5-11(8-12)15(17)23/h4-8H,3,9H2,1-2H3,(H2,17,23)(H,18,24)(H,19,22). The molecule has 8 heteroatoms. The molecule has 126 valence electrons. The largest absolute Gasteiger partial charge is 0.366 e. The van der Waals surface area contributed by atoms with Crippen molar-refractivity contribution in [1.82, 2.24) is 15.1 Å². The predicted octanol–water partition coefficient (Wildman–Crippen LogP) is 0.679. The lowest BCUT2D eigenvalue weighted by molar-refractivity contribution is -0.115. The highest BCUT2D eigenvalue weighted by Crippen LogP contribution is 2.10. The predicted molar refractivity (Wildman–Crippen MR) is 88.6 cm³/mol. The summed E-state index contributed by atoms with van der Waals surface area (Å²) in [5, 5.41) is 9.32. The molecule has 8 nitrogen and oxygen atoms in total. The molecule has 0 unspecified atom stereocenters. The summed E-state index contributed by atoms with van der Waals surface area (Å²) in [4.78, 5) is 35.2. The molecule has 0 atom stereocenters. The Labute approximate surface area is 139 Å². The summed E-state index contributed by atoms with van der Waals surface area (Å²) in [6.45, 7) is 4.03. The molecule has 2 rings (SSSR count). The zero-order valence-corrected chi connectivity index (χ0v) is 13.5. The molecule has 3 amide bonds. The molecule has 0 aliphatic heterocycles. The highest BCUT2D eigenvalue weighted by Gasteiger charge is 2.14. The third-order valence-corrected chi connectivity index (χ3v) is 3.27. The smallest absolute Gasteiger partial charge is 0.269 e. The van der Waals surface area contributed by atoms with Crippen LogP contribution in [-0.2, 0) is 11.3 Å². The molecule has 0 fully saturated rings. The molecular weight excluding hydrogens is 310 g/mol. The van der Waals surface area contributed by atoms with Crippen molar-refractivity contribution in [3.63, 3.8) is 0 Å². The fourth-order valence-corrected chi connectivity index (χ4v) is 2.18. The Morgan fingerprint density at radius 2 is 2.00 bits per heavy atom. The van der Waals surface area contributed by atoms with Gasteiger partial charge in [-0.1, -0.05) is 6.07 Å². The van der Waals surface area contributed by atoms with Gasteiger partial charge in [-0.15, -0.1) is 0 Å². The zero-order chi connectivity index (χ0) is 17.7. The van der Waals surface area contributed by atoms with Crippen molar-refractivity contribution in [2.75, 3.05) is 11.9 Å². The van der Waals surface area contributed by atoms with E-state index < -0.39 is 11.8 Å². The molecule has 0 bridgehead atoms. The number of amides is 3. The van der Waals surface area contributed by atoms with Crippen LogP contribution in [0.3, 0.4) is 0 Å². The van der Waals surface area contributed by atoms with Crippen molar-refractivity contribution in [1.29, 1.82) is 0 Å². The molecule has 1 aromatic heterocycles. The van der Waals surface area contributed by atoms with Gasteiger partial charge < -0.3 is 16.4 Å². The fraction of sp³-hybridized carbons (Fsp3) is 0.250. The van der Waals surface area contributed by atoms with Crippen LogP contribution in [0.2, 0.25) is 0 Å². The summed E-state index contributed by atoms with van der Waals surface area (Å²) in [5.74, 6) is -1.37. The molecule has 24 heavy (non-hydrogen) atoms. The molecular formula is C16H19N5O3. The number of carbonyl (C=O) groups is 3. The van der Waals surface area contributed by atoms with Gasteiger partial charge in [0.1, 0.15) is 5.69 Å². The van der Waals surface area contributed by atoms with E-state index in [0.29, 0.717) is 23.5 Å². The second-order valence-electron chi connectivity index (χ2n) is 5.16. The number of hydrogen-bond acceptors (Lipinski definition) is 4. The Hall–Kier alpha value is -3.16. The maximum atomic E-state index is 12.1. The van der Waals surface area contributed by atoms with E-state index in [9.17, 15) is 14.4 Å². The van der Waals surface area contributed by atoms with Crippen molar-refractivity contribution in [2.45, 2.75) is 20.4 Å². The van der Waals surface area contributed by atoms with Crippen molar-refractivity contribution < 1.29 is 14.4 Å². The average Bonchev–Trinajstić information content (AvgIpc) is 2.94. The van der Waals surface area contributed by atoms with Gasteiger partial charge in [0.15, 0.2) is 0 Å². The Bertz CT molecular complexity index is 782. The molecule has 0 aliphatic carbocycles. The van der Waals surface area contributed by atoms with E-state index >= 15 is 0 Å². The molecule has 0 saturated heterocycles. The second kappa shape index (κ2) is 7.40. The number of nitrogens with zero attached hydrogens (tertiary/aromatic N) is 2. The SMILES string of the molecule is CCn1nc(C)cc1C(=O)NCC(=O)Nc1cccc(C(N)=O)c1. The number of hydrogen-bond donors (Lipinski definition) is 3. The van der Waals surface area contributed by atoms with Gasteiger partial charge in [0.05, 0.1) is 12.2 Å². The Balaban J connectivity index is 1.94. The number of rotatable bonds is 6. The summed E-state index contributed by atoms with van der Waals surface area (Å²) < 4.78 is 1.57. The highest BCUT2D eigenvalue weighted by molar-refractivity contribution is 5.99. The molecule has 1 heterocycles. The number of primary amides is 1. The molecule has 2 aromatic rings. The first-order valence-corrected chi connectivity index (χ1v) is 7.43. The Morgan fingerprint density at radius 3 is 2.67 bits per heavy atom. The van der Waals surface area contributed by atoms with Gasteiger partial charge in [-0.05, 0) is 38.1 Å². The first-order chi connectivity index (χ1) is 11.4. The number of nitrogens with two attached hydrogens (primary N) is 1. The first-order valence-electron chi connectivity index (χ1n) is 7.43. The van der Waals surface area contributed by atoms with E-state index in [1.807, 2.05) is 6.92 Å². The molecule has 0 spiro atoms. The van der Waals surface area contributed by atoms with E-state index in [1.165, 1.54) is 6.07 Å². The van der Waals surface area contributed by atoms with Crippen molar-refractivity contribution in [3.05, 3.63) is 47.3 Å². The summed E-state index contributed by atoms with van der Waals surface area (Å²) in [5.41, 5.74) is 7.04. The van der Waals surface area contributed by atoms with E-state index in [-0.39, 0.29) is 12.5 Å². The number of anilines is 1. The molecule has 0 radical (unpaired) electrons. The van der Waals surface area contributed by atoms with Crippen molar-refractivity contribution >= 4 is 23.4 Å². The average molecular weight is 329 g/mol. The minimum absolute atomic E-state index is 0.201. The summed E-state index contributed by atoms with van der Waals surface area (Å²) >= 11 is 0. The van der Waals surface area contributed by atoms with Gasteiger partial charge in [-0.2, -0.15) is 5.10 Å². The monoisotopic (exact) mass is 329 g/mol. The summed E-state index contributed by atoms with van der Waals surface area (Å²) in [6.07, 6.45) is 0.